The smallest absolute Gasteiger partial charge is 0.250 e. The van der Waals surface area contributed by atoms with E-state index >= 15 is 0 Å². The topological polar surface area (TPSA) is 82.6 Å². The Hall–Kier alpha value is -0.820. The molecule has 0 fully saturated rings. The SMILES string of the molecule is CN=C(NCCNS(=O)(=O)c1cccs1)NCc1ccc(C)cc1SC.I. The van der Waals surface area contributed by atoms with Gasteiger partial charge in [0.15, 0.2) is 5.96 Å². The molecule has 0 saturated carbocycles. The fraction of sp³-hybridized carbons (Fsp3) is 0.353. The standard InChI is InChI=1S/C17H24N4O2S3.HI/c1-13-6-7-14(15(11-13)24-3)12-20-17(18-2)19-8-9-21-26(22,23)16-5-4-10-25-16;/h4-7,10-11,21H,8-9,12H2,1-3H3,(H2,18,19,20);1H. The van der Waals surface area contributed by atoms with Gasteiger partial charge in [-0.3, -0.25) is 4.99 Å². The second-order valence-electron chi connectivity index (χ2n) is 5.50. The Morgan fingerprint density at radius 3 is 2.63 bits per heavy atom. The Kier molecular flexibility index (Phi) is 10.7. The van der Waals surface area contributed by atoms with Crippen molar-refractivity contribution >= 4 is 63.1 Å². The molecule has 10 heteroatoms. The van der Waals surface area contributed by atoms with Crippen molar-refractivity contribution < 1.29 is 8.42 Å². The van der Waals surface area contributed by atoms with Gasteiger partial charge in [-0.1, -0.05) is 18.2 Å². The molecule has 2 rings (SSSR count). The number of nitrogens with zero attached hydrogens (tertiary/aromatic N) is 1. The molecule has 27 heavy (non-hydrogen) atoms. The molecular formula is C17H25IN4O2S3. The Morgan fingerprint density at radius 1 is 1.22 bits per heavy atom. The molecule has 3 N–H and O–H groups in total. The maximum atomic E-state index is 12.0. The molecule has 0 spiro atoms. The molecule has 0 aliphatic heterocycles. The van der Waals surface area contributed by atoms with Gasteiger partial charge in [-0.25, -0.2) is 13.1 Å². The number of thiophene rings is 1. The Morgan fingerprint density at radius 2 is 2.00 bits per heavy atom. The third-order valence-electron chi connectivity index (χ3n) is 3.58. The van der Waals surface area contributed by atoms with Crippen LogP contribution in [-0.2, 0) is 16.6 Å². The van der Waals surface area contributed by atoms with E-state index in [-0.39, 0.29) is 30.5 Å². The highest BCUT2D eigenvalue weighted by molar-refractivity contribution is 14.0. The van der Waals surface area contributed by atoms with Gasteiger partial charge in [-0.15, -0.1) is 47.1 Å². The second kappa shape index (κ2) is 11.9. The predicted octanol–water partition coefficient (Wildman–Crippen LogP) is 3.04. The fourth-order valence-corrected chi connectivity index (χ4v) is 5.03. The number of thioether (sulfide) groups is 1. The van der Waals surface area contributed by atoms with Crippen LogP contribution in [0.2, 0.25) is 0 Å². The number of sulfonamides is 1. The number of halogens is 1. The summed E-state index contributed by atoms with van der Waals surface area (Å²) in [5.41, 5.74) is 2.43. The lowest BCUT2D eigenvalue weighted by atomic mass is 10.1. The van der Waals surface area contributed by atoms with Gasteiger partial charge < -0.3 is 10.6 Å². The molecule has 0 radical (unpaired) electrons. The summed E-state index contributed by atoms with van der Waals surface area (Å²) in [5, 5.41) is 8.11. The Balaban J connectivity index is 0.00000364. The van der Waals surface area contributed by atoms with Gasteiger partial charge in [0.1, 0.15) is 4.21 Å². The Labute approximate surface area is 186 Å². The number of benzene rings is 1. The maximum Gasteiger partial charge on any atom is 0.250 e. The highest BCUT2D eigenvalue weighted by atomic mass is 127. The van der Waals surface area contributed by atoms with Crippen LogP contribution in [0.1, 0.15) is 11.1 Å². The molecule has 0 aliphatic carbocycles. The van der Waals surface area contributed by atoms with Crippen molar-refractivity contribution in [3.8, 4) is 0 Å². The Bertz CT molecular complexity index is 840. The first kappa shape index (κ1) is 24.2. The van der Waals surface area contributed by atoms with Crippen LogP contribution in [0, 0.1) is 6.92 Å². The van der Waals surface area contributed by atoms with Crippen molar-refractivity contribution in [2.45, 2.75) is 22.6 Å². The van der Waals surface area contributed by atoms with Crippen molar-refractivity contribution in [2.75, 3.05) is 26.4 Å². The third kappa shape index (κ3) is 7.60. The van der Waals surface area contributed by atoms with Gasteiger partial charge in [0.25, 0.3) is 0 Å². The average Bonchev–Trinajstić information content (AvgIpc) is 3.17. The quantitative estimate of drug-likeness (QED) is 0.158. The van der Waals surface area contributed by atoms with Gasteiger partial charge in [0.2, 0.25) is 10.0 Å². The largest absolute Gasteiger partial charge is 0.355 e. The number of guanidine groups is 1. The molecule has 0 bridgehead atoms. The number of aryl methyl sites for hydroxylation is 1. The number of nitrogens with one attached hydrogen (secondary N) is 3. The molecule has 0 aliphatic rings. The maximum absolute atomic E-state index is 12.0. The van der Waals surface area contributed by atoms with Gasteiger partial charge >= 0.3 is 0 Å². The summed E-state index contributed by atoms with van der Waals surface area (Å²) in [5.74, 6) is 0.632. The summed E-state index contributed by atoms with van der Waals surface area (Å²) >= 11 is 2.92. The van der Waals surface area contributed by atoms with Crippen LogP contribution < -0.4 is 15.4 Å². The minimum Gasteiger partial charge on any atom is -0.355 e. The zero-order chi connectivity index (χ0) is 19.0. The number of hydrogen-bond donors (Lipinski definition) is 3. The van der Waals surface area contributed by atoms with E-state index in [4.69, 9.17) is 0 Å². The minimum atomic E-state index is -3.42. The summed E-state index contributed by atoms with van der Waals surface area (Å²) in [6.07, 6.45) is 2.06. The predicted molar refractivity (Wildman–Crippen MR) is 126 cm³/mol. The summed E-state index contributed by atoms with van der Waals surface area (Å²) in [4.78, 5) is 5.41. The first-order valence-electron chi connectivity index (χ1n) is 8.07. The van der Waals surface area contributed by atoms with Crippen LogP contribution in [0.25, 0.3) is 0 Å². The minimum absolute atomic E-state index is 0. The molecule has 2 aromatic rings. The fourth-order valence-electron chi connectivity index (χ4n) is 2.25. The number of hydrogen-bond acceptors (Lipinski definition) is 5. The first-order chi connectivity index (χ1) is 12.5. The lowest BCUT2D eigenvalue weighted by Crippen LogP contribution is -2.41. The zero-order valence-electron chi connectivity index (χ0n) is 15.5. The van der Waals surface area contributed by atoms with Crippen LogP contribution in [0.4, 0.5) is 0 Å². The first-order valence-corrected chi connectivity index (χ1v) is 11.7. The van der Waals surface area contributed by atoms with E-state index in [2.05, 4.69) is 51.7 Å². The lowest BCUT2D eigenvalue weighted by Gasteiger charge is -2.14. The normalized spacial score (nSPS) is 11.7. The van der Waals surface area contributed by atoms with Gasteiger partial charge in [-0.05, 0) is 41.8 Å². The summed E-state index contributed by atoms with van der Waals surface area (Å²) in [7, 11) is -1.73. The third-order valence-corrected chi connectivity index (χ3v) is 7.26. The summed E-state index contributed by atoms with van der Waals surface area (Å²) < 4.78 is 27.0. The summed E-state index contributed by atoms with van der Waals surface area (Å²) in [6.45, 7) is 3.45. The van der Waals surface area contributed by atoms with Crippen LogP contribution >= 0.6 is 47.1 Å². The zero-order valence-corrected chi connectivity index (χ0v) is 20.3. The molecule has 150 valence electrons. The highest BCUT2D eigenvalue weighted by Gasteiger charge is 2.13. The monoisotopic (exact) mass is 540 g/mol. The van der Waals surface area contributed by atoms with E-state index in [0.29, 0.717) is 23.3 Å². The van der Waals surface area contributed by atoms with Crippen LogP contribution in [-0.4, -0.2) is 40.8 Å². The lowest BCUT2D eigenvalue weighted by molar-refractivity contribution is 0.582. The van der Waals surface area contributed by atoms with Crippen LogP contribution in [0.5, 0.6) is 0 Å². The van der Waals surface area contributed by atoms with Crippen molar-refractivity contribution in [3.63, 3.8) is 0 Å². The van der Waals surface area contributed by atoms with Crippen molar-refractivity contribution in [1.82, 2.24) is 15.4 Å². The highest BCUT2D eigenvalue weighted by Crippen LogP contribution is 2.21. The van der Waals surface area contributed by atoms with Gasteiger partial charge in [0.05, 0.1) is 0 Å². The molecule has 0 amide bonds. The van der Waals surface area contributed by atoms with Gasteiger partial charge in [-0.2, -0.15) is 0 Å². The summed E-state index contributed by atoms with van der Waals surface area (Å²) in [6, 6.07) is 9.67. The van der Waals surface area contributed by atoms with E-state index in [9.17, 15) is 8.42 Å². The number of aliphatic imine (C=N–C) groups is 1. The second-order valence-corrected chi connectivity index (χ2v) is 9.29. The molecule has 0 unspecified atom stereocenters. The van der Waals surface area contributed by atoms with E-state index in [0.717, 1.165) is 0 Å². The van der Waals surface area contributed by atoms with Crippen LogP contribution in [0.3, 0.4) is 0 Å². The van der Waals surface area contributed by atoms with E-state index in [1.54, 1.807) is 36.3 Å². The molecule has 0 atom stereocenters. The average molecular weight is 541 g/mol. The van der Waals surface area contributed by atoms with Crippen molar-refractivity contribution in [2.24, 2.45) is 4.99 Å². The molecule has 1 aromatic heterocycles. The van der Waals surface area contributed by atoms with E-state index < -0.39 is 10.0 Å². The van der Waals surface area contributed by atoms with Gasteiger partial charge in [0, 0.05) is 31.6 Å². The van der Waals surface area contributed by atoms with Crippen molar-refractivity contribution in [3.05, 3.63) is 46.8 Å². The molecule has 1 aromatic carbocycles. The van der Waals surface area contributed by atoms with Crippen LogP contribution in [0.15, 0.2) is 49.8 Å². The number of rotatable bonds is 8. The van der Waals surface area contributed by atoms with E-state index in [1.807, 2.05) is 0 Å². The van der Waals surface area contributed by atoms with E-state index in [1.165, 1.54) is 27.4 Å². The molecular weight excluding hydrogens is 515 g/mol. The van der Waals surface area contributed by atoms with Crippen molar-refractivity contribution in [1.29, 1.82) is 0 Å². The molecule has 0 saturated heterocycles. The molecule has 6 nitrogen and oxygen atoms in total. The molecule has 1 heterocycles.